The predicted molar refractivity (Wildman–Crippen MR) is 79.1 cm³/mol. The molecule has 1 fully saturated rings. The van der Waals surface area contributed by atoms with Crippen LogP contribution in [0.5, 0.6) is 0 Å². The Kier molecular flexibility index (Phi) is 6.02. The quantitative estimate of drug-likeness (QED) is 0.737. The third-order valence-corrected chi connectivity index (χ3v) is 3.81. The average Bonchev–Trinajstić information content (AvgIpc) is 2.46. The van der Waals surface area contributed by atoms with Gasteiger partial charge in [-0.3, -0.25) is 4.79 Å². The Bertz CT molecular complexity index is 408. The first kappa shape index (κ1) is 15.0. The molecule has 0 aliphatic heterocycles. The highest BCUT2D eigenvalue weighted by molar-refractivity contribution is 5.77. The van der Waals surface area contributed by atoms with Gasteiger partial charge in [-0.15, -0.1) is 0 Å². The zero-order valence-electron chi connectivity index (χ0n) is 11.8. The summed E-state index contributed by atoms with van der Waals surface area (Å²) in [5.41, 5.74) is 1.11. The number of nitrogens with one attached hydrogen (secondary N) is 2. The van der Waals surface area contributed by atoms with Crippen molar-refractivity contribution in [2.75, 3.05) is 13.1 Å². The Labute approximate surface area is 120 Å². The van der Waals surface area contributed by atoms with E-state index >= 15 is 0 Å². The molecule has 0 spiro atoms. The standard InChI is InChI=1S/C16H24N2O2/c19-15-8-4-7-14(9-15)10-17-12-16(20)18-11-13-5-2-1-3-6-13/h1-3,5-6,14-15,17,19H,4,7-12H2,(H,18,20). The topological polar surface area (TPSA) is 61.4 Å². The van der Waals surface area contributed by atoms with Gasteiger partial charge >= 0.3 is 0 Å². The number of rotatable bonds is 6. The van der Waals surface area contributed by atoms with E-state index in [-0.39, 0.29) is 12.0 Å². The molecule has 0 heterocycles. The van der Waals surface area contributed by atoms with E-state index in [2.05, 4.69) is 10.6 Å². The van der Waals surface area contributed by atoms with Crippen LogP contribution in [0.4, 0.5) is 0 Å². The number of hydrogen-bond acceptors (Lipinski definition) is 3. The Morgan fingerprint density at radius 1 is 1.25 bits per heavy atom. The maximum atomic E-state index is 11.7. The molecule has 1 aliphatic carbocycles. The summed E-state index contributed by atoms with van der Waals surface area (Å²) >= 11 is 0. The van der Waals surface area contributed by atoms with E-state index in [9.17, 15) is 9.90 Å². The Balaban J connectivity index is 1.58. The van der Waals surface area contributed by atoms with Gasteiger partial charge in [0.1, 0.15) is 0 Å². The van der Waals surface area contributed by atoms with Gasteiger partial charge < -0.3 is 15.7 Å². The minimum atomic E-state index is -0.151. The number of aliphatic hydroxyl groups excluding tert-OH is 1. The predicted octanol–water partition coefficient (Wildman–Crippen LogP) is 1.44. The van der Waals surface area contributed by atoms with Crippen LogP contribution in [0.15, 0.2) is 30.3 Å². The molecule has 2 unspecified atom stereocenters. The van der Waals surface area contributed by atoms with Gasteiger partial charge in [0.2, 0.25) is 5.91 Å². The van der Waals surface area contributed by atoms with Crippen molar-refractivity contribution in [2.45, 2.75) is 38.3 Å². The van der Waals surface area contributed by atoms with Crippen LogP contribution in [0.1, 0.15) is 31.2 Å². The van der Waals surface area contributed by atoms with Crippen LogP contribution in [0, 0.1) is 5.92 Å². The lowest BCUT2D eigenvalue weighted by Crippen LogP contribution is -2.37. The fourth-order valence-corrected chi connectivity index (χ4v) is 2.70. The van der Waals surface area contributed by atoms with E-state index in [0.29, 0.717) is 19.0 Å². The molecule has 2 rings (SSSR count). The molecule has 110 valence electrons. The fourth-order valence-electron chi connectivity index (χ4n) is 2.70. The SMILES string of the molecule is O=C(CNCC1CCCC(O)C1)NCc1ccccc1. The van der Waals surface area contributed by atoms with Crippen molar-refractivity contribution in [3.05, 3.63) is 35.9 Å². The highest BCUT2D eigenvalue weighted by atomic mass is 16.3. The zero-order valence-corrected chi connectivity index (χ0v) is 11.8. The highest BCUT2D eigenvalue weighted by Gasteiger charge is 2.19. The molecule has 1 aliphatic rings. The van der Waals surface area contributed by atoms with Crippen molar-refractivity contribution < 1.29 is 9.90 Å². The third-order valence-electron chi connectivity index (χ3n) is 3.81. The molecule has 1 saturated carbocycles. The van der Waals surface area contributed by atoms with Crippen molar-refractivity contribution in [3.63, 3.8) is 0 Å². The van der Waals surface area contributed by atoms with Gasteiger partial charge in [-0.25, -0.2) is 0 Å². The summed E-state index contributed by atoms with van der Waals surface area (Å²) in [6.45, 7) is 1.73. The average molecular weight is 276 g/mol. The van der Waals surface area contributed by atoms with Crippen molar-refractivity contribution in [3.8, 4) is 0 Å². The van der Waals surface area contributed by atoms with Crippen LogP contribution in [0.2, 0.25) is 0 Å². The summed E-state index contributed by atoms with van der Waals surface area (Å²) in [5, 5.41) is 15.7. The molecular formula is C16H24N2O2. The molecular weight excluding hydrogens is 252 g/mol. The molecule has 0 bridgehead atoms. The lowest BCUT2D eigenvalue weighted by Gasteiger charge is -2.25. The van der Waals surface area contributed by atoms with E-state index in [4.69, 9.17) is 0 Å². The molecule has 3 N–H and O–H groups in total. The van der Waals surface area contributed by atoms with Gasteiger partial charge in [-0.1, -0.05) is 36.8 Å². The molecule has 0 radical (unpaired) electrons. The van der Waals surface area contributed by atoms with Crippen molar-refractivity contribution in [1.29, 1.82) is 0 Å². The number of benzene rings is 1. The zero-order chi connectivity index (χ0) is 14.2. The van der Waals surface area contributed by atoms with E-state index < -0.39 is 0 Å². The van der Waals surface area contributed by atoms with Crippen LogP contribution in [-0.4, -0.2) is 30.2 Å². The molecule has 0 saturated heterocycles. The number of carbonyl (C=O) groups is 1. The van der Waals surface area contributed by atoms with E-state index in [1.807, 2.05) is 30.3 Å². The molecule has 1 aromatic rings. The van der Waals surface area contributed by atoms with Gasteiger partial charge in [0.15, 0.2) is 0 Å². The summed E-state index contributed by atoms with van der Waals surface area (Å²) in [5.74, 6) is 0.519. The molecule has 1 aromatic carbocycles. The van der Waals surface area contributed by atoms with Crippen LogP contribution in [-0.2, 0) is 11.3 Å². The summed E-state index contributed by atoms with van der Waals surface area (Å²) < 4.78 is 0. The minimum absolute atomic E-state index is 0.0187. The lowest BCUT2D eigenvalue weighted by atomic mass is 9.87. The van der Waals surface area contributed by atoms with Gasteiger partial charge in [0, 0.05) is 6.54 Å². The first-order chi connectivity index (χ1) is 9.74. The van der Waals surface area contributed by atoms with Crippen molar-refractivity contribution >= 4 is 5.91 Å². The fraction of sp³-hybridized carbons (Fsp3) is 0.562. The summed E-state index contributed by atoms with van der Waals surface area (Å²) in [6, 6.07) is 9.89. The normalized spacial score (nSPS) is 22.4. The van der Waals surface area contributed by atoms with Crippen molar-refractivity contribution in [2.24, 2.45) is 5.92 Å². The van der Waals surface area contributed by atoms with Gasteiger partial charge in [-0.2, -0.15) is 0 Å². The monoisotopic (exact) mass is 276 g/mol. The Morgan fingerprint density at radius 2 is 2.05 bits per heavy atom. The minimum Gasteiger partial charge on any atom is -0.393 e. The number of carbonyl (C=O) groups excluding carboxylic acids is 1. The molecule has 2 atom stereocenters. The van der Waals surface area contributed by atoms with E-state index in [1.54, 1.807) is 0 Å². The highest BCUT2D eigenvalue weighted by Crippen LogP contribution is 2.23. The van der Waals surface area contributed by atoms with E-state index in [1.165, 1.54) is 0 Å². The van der Waals surface area contributed by atoms with Crippen LogP contribution in [0.3, 0.4) is 0 Å². The summed E-state index contributed by atoms with van der Waals surface area (Å²) in [4.78, 5) is 11.7. The van der Waals surface area contributed by atoms with Gasteiger partial charge in [-0.05, 0) is 37.3 Å². The summed E-state index contributed by atoms with van der Waals surface area (Å²) in [7, 11) is 0. The second-order valence-electron chi connectivity index (χ2n) is 5.58. The second kappa shape index (κ2) is 8.02. The lowest BCUT2D eigenvalue weighted by molar-refractivity contribution is -0.120. The summed E-state index contributed by atoms with van der Waals surface area (Å²) in [6.07, 6.45) is 3.87. The largest absolute Gasteiger partial charge is 0.393 e. The molecule has 0 aromatic heterocycles. The first-order valence-electron chi connectivity index (χ1n) is 7.43. The number of amides is 1. The third kappa shape index (κ3) is 5.31. The molecule has 1 amide bonds. The first-order valence-corrected chi connectivity index (χ1v) is 7.43. The van der Waals surface area contributed by atoms with Crippen molar-refractivity contribution in [1.82, 2.24) is 10.6 Å². The Morgan fingerprint density at radius 3 is 2.80 bits per heavy atom. The number of hydrogen-bond donors (Lipinski definition) is 3. The maximum Gasteiger partial charge on any atom is 0.234 e. The van der Waals surface area contributed by atoms with E-state index in [0.717, 1.165) is 37.8 Å². The van der Waals surface area contributed by atoms with Gasteiger partial charge in [0.25, 0.3) is 0 Å². The Hall–Kier alpha value is -1.39. The second-order valence-corrected chi connectivity index (χ2v) is 5.58. The molecule has 4 nitrogen and oxygen atoms in total. The van der Waals surface area contributed by atoms with Crippen LogP contribution >= 0.6 is 0 Å². The van der Waals surface area contributed by atoms with Crippen LogP contribution < -0.4 is 10.6 Å². The van der Waals surface area contributed by atoms with Crippen LogP contribution in [0.25, 0.3) is 0 Å². The smallest absolute Gasteiger partial charge is 0.234 e. The molecule has 4 heteroatoms. The molecule has 20 heavy (non-hydrogen) atoms. The van der Waals surface area contributed by atoms with Gasteiger partial charge in [0.05, 0.1) is 12.6 Å². The number of aliphatic hydroxyl groups is 1. The maximum absolute atomic E-state index is 11.7.